The first-order valence-electron chi connectivity index (χ1n) is 10.7. The lowest BCUT2D eigenvalue weighted by Crippen LogP contribution is -2.35. The summed E-state index contributed by atoms with van der Waals surface area (Å²) < 4.78 is 16.9. The Labute approximate surface area is 177 Å². The zero-order valence-corrected chi connectivity index (χ0v) is 17.9. The number of ether oxygens (including phenoxy) is 3. The first kappa shape index (κ1) is 20.5. The smallest absolute Gasteiger partial charge is 0.337 e. The van der Waals surface area contributed by atoms with Crippen LogP contribution in [-0.2, 0) is 14.3 Å². The number of methoxy groups -OCH3 is 2. The second-order valence-electron chi connectivity index (χ2n) is 8.19. The van der Waals surface area contributed by atoms with Gasteiger partial charge in [0.25, 0.3) is 0 Å². The largest absolute Gasteiger partial charge is 0.497 e. The molecule has 1 N–H and O–H groups in total. The lowest BCUT2D eigenvalue weighted by Gasteiger charge is -2.35. The first-order chi connectivity index (χ1) is 14.5. The molecule has 0 spiro atoms. The molecule has 1 saturated carbocycles. The van der Waals surface area contributed by atoms with Crippen LogP contribution in [-0.4, -0.2) is 32.1 Å². The summed E-state index contributed by atoms with van der Waals surface area (Å²) in [4.78, 5) is 26.4. The van der Waals surface area contributed by atoms with Crippen molar-refractivity contribution in [3.8, 4) is 11.5 Å². The maximum atomic E-state index is 13.4. The van der Waals surface area contributed by atoms with E-state index in [-0.39, 0.29) is 17.9 Å². The number of hydrogen-bond donors (Lipinski definition) is 1. The Bertz CT molecular complexity index is 924. The molecular weight excluding hydrogens is 382 g/mol. The van der Waals surface area contributed by atoms with Crippen molar-refractivity contribution < 1.29 is 23.8 Å². The minimum Gasteiger partial charge on any atom is -0.497 e. The van der Waals surface area contributed by atoms with Crippen molar-refractivity contribution in [2.24, 2.45) is 0 Å². The molecule has 2 aliphatic carbocycles. The highest BCUT2D eigenvalue weighted by Gasteiger charge is 2.41. The Morgan fingerprint density at radius 1 is 1.07 bits per heavy atom. The van der Waals surface area contributed by atoms with Crippen LogP contribution in [0.15, 0.2) is 40.7 Å². The molecule has 0 aromatic heterocycles. The molecule has 1 fully saturated rings. The van der Waals surface area contributed by atoms with E-state index in [1.54, 1.807) is 14.2 Å². The summed E-state index contributed by atoms with van der Waals surface area (Å²) in [5, 5.41) is 3.34. The Morgan fingerprint density at radius 3 is 2.53 bits per heavy atom. The van der Waals surface area contributed by atoms with E-state index in [1.807, 2.05) is 25.1 Å². The Kier molecular flexibility index (Phi) is 5.84. The molecule has 1 atom stereocenters. The number of nitrogens with one attached hydrogen (secondary N) is 1. The number of rotatable bonds is 5. The van der Waals surface area contributed by atoms with Gasteiger partial charge in [0.05, 0.1) is 25.7 Å². The fourth-order valence-electron chi connectivity index (χ4n) is 4.85. The van der Waals surface area contributed by atoms with E-state index < -0.39 is 5.92 Å². The number of benzene rings is 1. The molecule has 0 unspecified atom stereocenters. The van der Waals surface area contributed by atoms with Crippen molar-refractivity contribution in [1.29, 1.82) is 0 Å². The minimum absolute atomic E-state index is 0.0527. The quantitative estimate of drug-likeness (QED) is 0.734. The van der Waals surface area contributed by atoms with E-state index in [4.69, 9.17) is 14.2 Å². The number of ketones is 1. The van der Waals surface area contributed by atoms with Gasteiger partial charge in [0, 0.05) is 29.0 Å². The number of carbonyl (C=O) groups excluding carboxylic acids is 2. The van der Waals surface area contributed by atoms with Gasteiger partial charge in [-0.05, 0) is 63.6 Å². The van der Waals surface area contributed by atoms with E-state index in [1.165, 1.54) is 0 Å². The number of Topliss-reactive ketones (excluding diaryl/α,β-unsaturated/α-hetero) is 1. The van der Waals surface area contributed by atoms with E-state index in [2.05, 4.69) is 5.32 Å². The van der Waals surface area contributed by atoms with Crippen LogP contribution in [0.1, 0.15) is 63.4 Å². The molecule has 0 amide bonds. The van der Waals surface area contributed by atoms with E-state index in [0.717, 1.165) is 55.5 Å². The summed E-state index contributed by atoms with van der Waals surface area (Å²) in [5.41, 5.74) is 3.52. The van der Waals surface area contributed by atoms with Gasteiger partial charge >= 0.3 is 5.97 Å². The predicted molar refractivity (Wildman–Crippen MR) is 112 cm³/mol. The van der Waals surface area contributed by atoms with Gasteiger partial charge in [-0.1, -0.05) is 0 Å². The van der Waals surface area contributed by atoms with Crippen LogP contribution in [0.5, 0.6) is 11.5 Å². The summed E-state index contributed by atoms with van der Waals surface area (Å²) in [6.07, 6.45) is 5.96. The average Bonchev–Trinajstić information content (AvgIpc) is 3.25. The van der Waals surface area contributed by atoms with Gasteiger partial charge < -0.3 is 19.5 Å². The lowest BCUT2D eigenvalue weighted by molar-refractivity contribution is -0.144. The molecule has 4 rings (SSSR count). The fourth-order valence-corrected chi connectivity index (χ4v) is 4.85. The number of allylic oxidation sites excluding steroid dienone is 3. The first-order valence-corrected chi connectivity index (χ1v) is 10.7. The minimum atomic E-state index is -0.534. The van der Waals surface area contributed by atoms with Gasteiger partial charge in [-0.2, -0.15) is 0 Å². The zero-order valence-electron chi connectivity index (χ0n) is 17.9. The highest BCUT2D eigenvalue weighted by molar-refractivity contribution is 6.04. The van der Waals surface area contributed by atoms with Crippen LogP contribution < -0.4 is 14.8 Å². The van der Waals surface area contributed by atoms with Crippen molar-refractivity contribution in [3.05, 3.63) is 46.3 Å². The molecule has 0 radical (unpaired) electrons. The molecule has 1 aromatic rings. The molecule has 1 heterocycles. The standard InChI is InChI=1S/C24H29NO5/c1-14-21(24(27)30-15-7-4-5-8-15)22(23-18(25-14)9-6-10-19(23)26)17-13-16(28-2)11-12-20(17)29-3/h11-13,15,22,25H,4-10H2,1-3H3/t22-/m0/s1. The summed E-state index contributed by atoms with van der Waals surface area (Å²) >= 11 is 0. The van der Waals surface area contributed by atoms with E-state index in [9.17, 15) is 9.59 Å². The lowest BCUT2D eigenvalue weighted by atomic mass is 9.75. The average molecular weight is 411 g/mol. The number of carbonyl (C=O) groups is 2. The van der Waals surface area contributed by atoms with Crippen LogP contribution in [0.25, 0.3) is 0 Å². The topological polar surface area (TPSA) is 73.9 Å². The predicted octanol–water partition coefficient (Wildman–Crippen LogP) is 4.16. The van der Waals surface area contributed by atoms with Crippen LogP contribution in [0.2, 0.25) is 0 Å². The second-order valence-corrected chi connectivity index (χ2v) is 8.19. The number of esters is 1. The second kappa shape index (κ2) is 8.54. The van der Waals surface area contributed by atoms with Gasteiger partial charge in [-0.15, -0.1) is 0 Å². The molecule has 1 aliphatic heterocycles. The summed E-state index contributed by atoms with van der Waals surface area (Å²) in [7, 11) is 3.19. The van der Waals surface area contributed by atoms with Crippen LogP contribution >= 0.6 is 0 Å². The van der Waals surface area contributed by atoms with Gasteiger partial charge in [0.15, 0.2) is 5.78 Å². The maximum Gasteiger partial charge on any atom is 0.337 e. The molecule has 6 nitrogen and oxygen atoms in total. The molecule has 0 saturated heterocycles. The molecule has 0 bridgehead atoms. The third-order valence-electron chi connectivity index (χ3n) is 6.32. The van der Waals surface area contributed by atoms with Crippen molar-refractivity contribution in [2.75, 3.05) is 14.2 Å². The molecule has 30 heavy (non-hydrogen) atoms. The van der Waals surface area contributed by atoms with E-state index >= 15 is 0 Å². The molecule has 160 valence electrons. The fraction of sp³-hybridized carbons (Fsp3) is 0.500. The number of dihydropyridines is 1. The third-order valence-corrected chi connectivity index (χ3v) is 6.32. The van der Waals surface area contributed by atoms with Crippen LogP contribution in [0, 0.1) is 0 Å². The van der Waals surface area contributed by atoms with Gasteiger partial charge in [-0.25, -0.2) is 4.79 Å². The Balaban J connectivity index is 1.84. The molecular formula is C24H29NO5. The zero-order chi connectivity index (χ0) is 21.3. The summed E-state index contributed by atoms with van der Waals surface area (Å²) in [6, 6.07) is 5.49. The molecule has 3 aliphatic rings. The molecule has 6 heteroatoms. The van der Waals surface area contributed by atoms with Crippen molar-refractivity contribution in [2.45, 2.75) is 63.9 Å². The highest BCUT2D eigenvalue weighted by Crippen LogP contribution is 2.46. The van der Waals surface area contributed by atoms with Gasteiger partial charge in [0.1, 0.15) is 17.6 Å². The third kappa shape index (κ3) is 3.71. The van der Waals surface area contributed by atoms with Crippen molar-refractivity contribution in [1.82, 2.24) is 5.32 Å². The molecule has 1 aromatic carbocycles. The van der Waals surface area contributed by atoms with Crippen molar-refractivity contribution >= 4 is 11.8 Å². The summed E-state index contributed by atoms with van der Waals surface area (Å²) in [6.45, 7) is 1.88. The highest BCUT2D eigenvalue weighted by atomic mass is 16.5. The van der Waals surface area contributed by atoms with E-state index in [0.29, 0.717) is 29.1 Å². The monoisotopic (exact) mass is 411 g/mol. The normalized spacial score (nSPS) is 22.0. The number of hydrogen-bond acceptors (Lipinski definition) is 6. The van der Waals surface area contributed by atoms with Crippen LogP contribution in [0.3, 0.4) is 0 Å². The maximum absolute atomic E-state index is 13.4. The Morgan fingerprint density at radius 2 is 1.83 bits per heavy atom. The van der Waals surface area contributed by atoms with Crippen molar-refractivity contribution in [3.63, 3.8) is 0 Å². The van der Waals surface area contributed by atoms with Crippen LogP contribution in [0.4, 0.5) is 0 Å². The summed E-state index contributed by atoms with van der Waals surface area (Å²) in [5.74, 6) is 0.444. The van der Waals surface area contributed by atoms with Gasteiger partial charge in [0.2, 0.25) is 0 Å². The van der Waals surface area contributed by atoms with Gasteiger partial charge in [-0.3, -0.25) is 4.79 Å². The Hall–Kier alpha value is -2.76. The SMILES string of the molecule is COc1ccc(OC)c([C@H]2C(C(=O)OC3CCCC3)=C(C)NC3=C2C(=O)CCC3)c1.